The van der Waals surface area contributed by atoms with Crippen molar-refractivity contribution in [2.45, 2.75) is 32.4 Å². The molecule has 1 N–H and O–H groups in total. The highest BCUT2D eigenvalue weighted by Gasteiger charge is 2.30. The Morgan fingerprint density at radius 3 is 2.90 bits per heavy atom. The summed E-state index contributed by atoms with van der Waals surface area (Å²) in [7, 11) is 1.85. The number of fused-ring (bicyclic) bond motifs is 1. The number of amides is 1. The fourth-order valence-electron chi connectivity index (χ4n) is 4.33. The summed E-state index contributed by atoms with van der Waals surface area (Å²) >= 11 is 0. The van der Waals surface area contributed by atoms with Gasteiger partial charge >= 0.3 is 0 Å². The van der Waals surface area contributed by atoms with Crippen LogP contribution in [-0.4, -0.2) is 50.1 Å². The second kappa shape index (κ2) is 7.81. The van der Waals surface area contributed by atoms with Gasteiger partial charge in [-0.1, -0.05) is 6.07 Å². The van der Waals surface area contributed by atoms with Crippen LogP contribution in [0.15, 0.2) is 30.6 Å². The van der Waals surface area contributed by atoms with E-state index in [2.05, 4.69) is 10.4 Å². The molecule has 9 heteroatoms. The average molecular weight is 424 g/mol. The number of carbonyl (C=O) groups is 1. The van der Waals surface area contributed by atoms with Crippen LogP contribution in [0.3, 0.4) is 0 Å². The molecule has 0 radical (unpaired) electrons. The zero-order valence-electron chi connectivity index (χ0n) is 17.6. The van der Waals surface area contributed by atoms with Crippen LogP contribution in [0.5, 0.6) is 0 Å². The number of carbonyl (C=O) groups excluding carboxylic acids is 1. The van der Waals surface area contributed by atoms with Gasteiger partial charge in [-0.2, -0.15) is 10.2 Å². The molecule has 3 aromatic rings. The number of rotatable bonds is 4. The monoisotopic (exact) mass is 424 g/mol. The van der Waals surface area contributed by atoms with Crippen LogP contribution < -0.4 is 5.32 Å². The van der Waals surface area contributed by atoms with Gasteiger partial charge < -0.3 is 15.0 Å². The summed E-state index contributed by atoms with van der Waals surface area (Å²) in [5.41, 5.74) is 4.15. The summed E-state index contributed by atoms with van der Waals surface area (Å²) in [6, 6.07) is 5.11. The first-order chi connectivity index (χ1) is 15.0. The highest BCUT2D eigenvalue weighted by molar-refractivity contribution is 5.75. The predicted molar refractivity (Wildman–Crippen MR) is 113 cm³/mol. The fraction of sp³-hybridized carbons (Fsp3) is 0.409. The van der Waals surface area contributed by atoms with Gasteiger partial charge in [0.05, 0.1) is 31.1 Å². The minimum absolute atomic E-state index is 0.0262. The highest BCUT2D eigenvalue weighted by Crippen LogP contribution is 2.34. The van der Waals surface area contributed by atoms with Crippen molar-refractivity contribution in [1.29, 1.82) is 0 Å². The smallest absolute Gasteiger partial charge is 0.219 e. The van der Waals surface area contributed by atoms with E-state index in [1.165, 1.54) is 6.07 Å². The Bertz CT molecular complexity index is 1130. The van der Waals surface area contributed by atoms with Gasteiger partial charge in [0.2, 0.25) is 5.91 Å². The molecule has 0 spiro atoms. The van der Waals surface area contributed by atoms with E-state index in [0.29, 0.717) is 37.8 Å². The van der Waals surface area contributed by atoms with Crippen LogP contribution in [-0.2, 0) is 29.5 Å². The summed E-state index contributed by atoms with van der Waals surface area (Å²) in [4.78, 5) is 13.8. The van der Waals surface area contributed by atoms with Crippen molar-refractivity contribution < 1.29 is 13.9 Å². The molecule has 2 aromatic heterocycles. The van der Waals surface area contributed by atoms with E-state index in [1.54, 1.807) is 34.8 Å². The maximum Gasteiger partial charge on any atom is 0.219 e. The first-order valence-electron chi connectivity index (χ1n) is 10.5. The maximum atomic E-state index is 14.7. The number of aryl methyl sites for hydroxylation is 1. The van der Waals surface area contributed by atoms with Gasteiger partial charge in [-0.05, 0) is 24.1 Å². The number of halogens is 1. The van der Waals surface area contributed by atoms with E-state index in [-0.39, 0.29) is 17.8 Å². The maximum absolute atomic E-state index is 14.7. The molecule has 0 saturated carbocycles. The normalized spacial score (nSPS) is 18.3. The lowest BCUT2D eigenvalue weighted by Crippen LogP contribution is -2.35. The number of nitrogens with one attached hydrogen (secondary N) is 1. The molecule has 1 aromatic carbocycles. The fourth-order valence-corrected chi connectivity index (χ4v) is 4.33. The van der Waals surface area contributed by atoms with Crippen LogP contribution in [0.4, 0.5) is 15.9 Å². The summed E-state index contributed by atoms with van der Waals surface area (Å²) < 4.78 is 24.0. The number of anilines is 2. The van der Waals surface area contributed by atoms with Gasteiger partial charge in [0.25, 0.3) is 0 Å². The second-order valence-corrected chi connectivity index (χ2v) is 8.15. The third-order valence-electron chi connectivity index (χ3n) is 6.04. The van der Waals surface area contributed by atoms with Crippen LogP contribution >= 0.6 is 0 Å². The molecule has 1 saturated heterocycles. The zero-order chi connectivity index (χ0) is 21.5. The first kappa shape index (κ1) is 19.7. The van der Waals surface area contributed by atoms with Gasteiger partial charge in [0.1, 0.15) is 5.82 Å². The van der Waals surface area contributed by atoms with Crippen molar-refractivity contribution in [2.24, 2.45) is 7.05 Å². The molecule has 162 valence electrons. The molecule has 1 atom stereocenters. The molecular formula is C22H25FN6O2. The molecule has 1 fully saturated rings. The topological polar surface area (TPSA) is 77.2 Å². The Balaban J connectivity index is 1.52. The number of nitrogens with zero attached hydrogens (tertiary/aromatic N) is 5. The lowest BCUT2D eigenvalue weighted by atomic mass is 10.1. The summed E-state index contributed by atoms with van der Waals surface area (Å²) in [5.74, 6) is 0.257. The standard InChI is InChI=1S/C22H25FN6O2/c1-14(30)28-7-5-21-18(12-28)22(26-29(21)17-6-8-31-13-17)25-20-9-15(3-4-19(20)23)16-10-24-27(2)11-16/h3-4,9-11,17H,5-8,12-13H2,1-2H3,(H,25,26). The van der Waals surface area contributed by atoms with Gasteiger partial charge in [-0.15, -0.1) is 0 Å². The third kappa shape index (κ3) is 3.69. The van der Waals surface area contributed by atoms with E-state index < -0.39 is 0 Å². The van der Waals surface area contributed by atoms with Crippen molar-refractivity contribution in [3.05, 3.63) is 47.7 Å². The van der Waals surface area contributed by atoms with Gasteiger partial charge in [-0.3, -0.25) is 14.2 Å². The summed E-state index contributed by atoms with van der Waals surface area (Å²) in [6.45, 7) is 4.03. The Hall–Kier alpha value is -3.20. The Labute approximate surface area is 179 Å². The van der Waals surface area contributed by atoms with E-state index in [0.717, 1.165) is 35.2 Å². The van der Waals surface area contributed by atoms with Crippen molar-refractivity contribution in [1.82, 2.24) is 24.5 Å². The van der Waals surface area contributed by atoms with Crippen molar-refractivity contribution in [2.75, 3.05) is 25.1 Å². The quantitative estimate of drug-likeness (QED) is 0.697. The second-order valence-electron chi connectivity index (χ2n) is 8.15. The molecule has 0 bridgehead atoms. The summed E-state index contributed by atoms with van der Waals surface area (Å²) in [5, 5.41) is 12.2. The van der Waals surface area contributed by atoms with Gasteiger partial charge in [-0.25, -0.2) is 4.39 Å². The molecular weight excluding hydrogens is 399 g/mol. The van der Waals surface area contributed by atoms with Crippen LogP contribution in [0.1, 0.15) is 30.6 Å². The van der Waals surface area contributed by atoms with Crippen LogP contribution in [0.25, 0.3) is 11.1 Å². The average Bonchev–Trinajstić information content (AvgIpc) is 3.49. The van der Waals surface area contributed by atoms with E-state index >= 15 is 0 Å². The molecule has 0 aliphatic carbocycles. The van der Waals surface area contributed by atoms with Crippen molar-refractivity contribution in [3.63, 3.8) is 0 Å². The largest absolute Gasteiger partial charge is 0.379 e. The summed E-state index contributed by atoms with van der Waals surface area (Å²) in [6.07, 6.45) is 5.25. The number of hydrogen-bond donors (Lipinski definition) is 1. The molecule has 1 amide bonds. The lowest BCUT2D eigenvalue weighted by Gasteiger charge is -2.27. The number of benzene rings is 1. The van der Waals surface area contributed by atoms with Crippen LogP contribution in [0.2, 0.25) is 0 Å². The molecule has 2 aliphatic rings. The minimum Gasteiger partial charge on any atom is -0.379 e. The molecule has 1 unspecified atom stereocenters. The molecule has 4 heterocycles. The van der Waals surface area contributed by atoms with Gasteiger partial charge in [0, 0.05) is 56.6 Å². The zero-order valence-corrected chi connectivity index (χ0v) is 17.6. The number of ether oxygens (including phenoxy) is 1. The minimum atomic E-state index is -0.362. The number of aromatic nitrogens is 4. The SMILES string of the molecule is CC(=O)N1CCc2c(c(Nc3cc(-c4cnn(C)c4)ccc3F)nn2C2CCOC2)C1. The molecule has 5 rings (SSSR count). The van der Waals surface area contributed by atoms with E-state index in [1.807, 2.05) is 17.9 Å². The highest BCUT2D eigenvalue weighted by atomic mass is 19.1. The first-order valence-corrected chi connectivity index (χ1v) is 10.5. The predicted octanol–water partition coefficient (Wildman–Crippen LogP) is 3.03. The van der Waals surface area contributed by atoms with E-state index in [9.17, 15) is 9.18 Å². The van der Waals surface area contributed by atoms with Crippen LogP contribution in [0, 0.1) is 5.82 Å². The molecule has 2 aliphatic heterocycles. The van der Waals surface area contributed by atoms with Crippen molar-refractivity contribution >= 4 is 17.4 Å². The number of hydrogen-bond acceptors (Lipinski definition) is 5. The Morgan fingerprint density at radius 1 is 1.32 bits per heavy atom. The molecule has 31 heavy (non-hydrogen) atoms. The van der Waals surface area contributed by atoms with Gasteiger partial charge in [0.15, 0.2) is 5.82 Å². The Morgan fingerprint density at radius 2 is 2.19 bits per heavy atom. The van der Waals surface area contributed by atoms with Crippen molar-refractivity contribution in [3.8, 4) is 11.1 Å². The Kier molecular flexibility index (Phi) is 4.97. The molecule has 8 nitrogen and oxygen atoms in total. The third-order valence-corrected chi connectivity index (χ3v) is 6.04. The lowest BCUT2D eigenvalue weighted by molar-refractivity contribution is -0.129. The van der Waals surface area contributed by atoms with E-state index in [4.69, 9.17) is 9.84 Å².